The van der Waals surface area contributed by atoms with Crippen molar-refractivity contribution in [3.05, 3.63) is 29.8 Å². The lowest BCUT2D eigenvalue weighted by molar-refractivity contribution is -0.137. The Hall–Kier alpha value is -2.25. The van der Waals surface area contributed by atoms with Crippen molar-refractivity contribution in [1.29, 1.82) is 0 Å². The molecule has 5 nitrogen and oxygen atoms in total. The number of carbonyl (C=O) groups excluding carboxylic acids is 1. The van der Waals surface area contributed by atoms with Crippen molar-refractivity contribution in [2.24, 2.45) is 5.16 Å². The fourth-order valence-electron chi connectivity index (χ4n) is 2.01. The van der Waals surface area contributed by atoms with Gasteiger partial charge in [0.15, 0.2) is 0 Å². The van der Waals surface area contributed by atoms with Gasteiger partial charge in [-0.25, -0.2) is 4.79 Å². The Kier molecular flexibility index (Phi) is 4.35. The summed E-state index contributed by atoms with van der Waals surface area (Å²) in [5.74, 6) is 0. The first-order chi connectivity index (χ1) is 9.90. The molecule has 1 aliphatic heterocycles. The molecular formula is C13H14F3N3O2. The van der Waals surface area contributed by atoms with Crippen LogP contribution in [0.15, 0.2) is 29.4 Å². The van der Waals surface area contributed by atoms with E-state index < -0.39 is 11.7 Å². The van der Waals surface area contributed by atoms with Gasteiger partial charge in [-0.3, -0.25) is 0 Å². The number of amides is 2. The second-order valence-corrected chi connectivity index (χ2v) is 4.66. The van der Waals surface area contributed by atoms with Crippen LogP contribution in [0.1, 0.15) is 18.4 Å². The van der Waals surface area contributed by atoms with Crippen LogP contribution in [0.2, 0.25) is 0 Å². The zero-order chi connectivity index (χ0) is 15.5. The largest absolute Gasteiger partial charge is 0.416 e. The summed E-state index contributed by atoms with van der Waals surface area (Å²) in [6.45, 7) is 0.817. The van der Waals surface area contributed by atoms with E-state index in [1.165, 1.54) is 17.0 Å². The monoisotopic (exact) mass is 301 g/mol. The molecule has 1 fully saturated rings. The lowest BCUT2D eigenvalue weighted by Crippen LogP contribution is -2.41. The normalized spacial score (nSPS) is 15.8. The molecule has 0 atom stereocenters. The molecule has 0 aliphatic carbocycles. The predicted molar refractivity (Wildman–Crippen MR) is 70.5 cm³/mol. The fourth-order valence-corrected chi connectivity index (χ4v) is 2.01. The van der Waals surface area contributed by atoms with Crippen molar-refractivity contribution >= 4 is 17.4 Å². The molecule has 0 saturated carbocycles. The van der Waals surface area contributed by atoms with Crippen molar-refractivity contribution in [2.75, 3.05) is 18.4 Å². The third-order valence-electron chi connectivity index (χ3n) is 3.23. The number of likely N-dealkylation sites (tertiary alicyclic amines) is 1. The maximum Gasteiger partial charge on any atom is 0.416 e. The van der Waals surface area contributed by atoms with E-state index in [2.05, 4.69) is 10.5 Å². The number of alkyl halides is 3. The van der Waals surface area contributed by atoms with Crippen LogP contribution in [0.3, 0.4) is 0 Å². The Balaban J connectivity index is 1.94. The lowest BCUT2D eigenvalue weighted by Gasteiger charge is -2.27. The molecule has 1 heterocycles. The number of nitrogens with one attached hydrogen (secondary N) is 1. The van der Waals surface area contributed by atoms with E-state index in [0.717, 1.165) is 12.1 Å². The molecule has 8 heteroatoms. The number of hydrogen-bond donors (Lipinski definition) is 2. The molecule has 2 amide bonds. The van der Waals surface area contributed by atoms with E-state index in [4.69, 9.17) is 5.21 Å². The molecular weight excluding hydrogens is 287 g/mol. The summed E-state index contributed by atoms with van der Waals surface area (Å²) < 4.78 is 37.2. The van der Waals surface area contributed by atoms with Gasteiger partial charge in [-0.2, -0.15) is 13.2 Å². The second-order valence-electron chi connectivity index (χ2n) is 4.66. The molecule has 0 radical (unpaired) electrons. The van der Waals surface area contributed by atoms with Crippen LogP contribution in [0, 0.1) is 0 Å². The molecule has 1 saturated heterocycles. The van der Waals surface area contributed by atoms with Crippen LogP contribution < -0.4 is 5.32 Å². The Labute approximate surface area is 119 Å². The van der Waals surface area contributed by atoms with Crippen molar-refractivity contribution < 1.29 is 23.2 Å². The molecule has 2 rings (SSSR count). The smallest absolute Gasteiger partial charge is 0.411 e. The van der Waals surface area contributed by atoms with Gasteiger partial charge < -0.3 is 15.4 Å². The van der Waals surface area contributed by atoms with Crippen molar-refractivity contribution in [1.82, 2.24) is 4.90 Å². The first-order valence-electron chi connectivity index (χ1n) is 6.33. The number of anilines is 1. The van der Waals surface area contributed by atoms with E-state index in [0.29, 0.717) is 37.3 Å². The highest BCUT2D eigenvalue weighted by molar-refractivity contribution is 5.92. The van der Waals surface area contributed by atoms with E-state index in [-0.39, 0.29) is 6.03 Å². The Morgan fingerprint density at radius 3 is 2.24 bits per heavy atom. The molecule has 1 aliphatic rings. The standard InChI is InChI=1S/C13H14F3N3O2/c14-13(15,16)9-1-3-10(4-2-9)17-12(20)19-7-5-11(18-21)6-8-19/h1-4,21H,5-8H2,(H,17,20). The Bertz CT molecular complexity index is 531. The van der Waals surface area contributed by atoms with Crippen LogP contribution in [0.5, 0.6) is 0 Å². The first kappa shape index (κ1) is 15.1. The summed E-state index contributed by atoms with van der Waals surface area (Å²) in [4.78, 5) is 13.5. The highest BCUT2D eigenvalue weighted by atomic mass is 19.4. The van der Waals surface area contributed by atoms with Gasteiger partial charge in [0.1, 0.15) is 0 Å². The summed E-state index contributed by atoms with van der Waals surface area (Å²) in [5, 5.41) is 14.3. The van der Waals surface area contributed by atoms with Gasteiger partial charge in [-0.1, -0.05) is 5.16 Å². The fraction of sp³-hybridized carbons (Fsp3) is 0.385. The SMILES string of the molecule is O=C(Nc1ccc(C(F)(F)F)cc1)N1CCC(=NO)CC1. The van der Waals surface area contributed by atoms with Crippen LogP contribution in [0.25, 0.3) is 0 Å². The minimum atomic E-state index is -4.39. The molecule has 0 aromatic heterocycles. The highest BCUT2D eigenvalue weighted by Gasteiger charge is 2.30. The maximum atomic E-state index is 12.4. The number of piperidine rings is 1. The Morgan fingerprint density at radius 2 is 1.76 bits per heavy atom. The summed E-state index contributed by atoms with van der Waals surface area (Å²) in [5.41, 5.74) is 0.172. The molecule has 1 aromatic rings. The number of nitrogens with zero attached hydrogens (tertiary/aromatic N) is 2. The zero-order valence-corrected chi connectivity index (χ0v) is 11.0. The van der Waals surface area contributed by atoms with Gasteiger partial charge >= 0.3 is 12.2 Å². The van der Waals surface area contributed by atoms with Crippen LogP contribution >= 0.6 is 0 Å². The predicted octanol–water partition coefficient (Wildman–Crippen LogP) is 3.16. The number of hydrogen-bond acceptors (Lipinski definition) is 3. The number of carbonyl (C=O) groups is 1. The van der Waals surface area contributed by atoms with Crippen LogP contribution in [-0.2, 0) is 6.18 Å². The number of urea groups is 1. The minimum absolute atomic E-state index is 0.301. The average Bonchev–Trinajstić information content (AvgIpc) is 2.47. The number of halogens is 3. The molecule has 2 N–H and O–H groups in total. The summed E-state index contributed by atoms with van der Waals surface area (Å²) in [6, 6.07) is 3.88. The zero-order valence-electron chi connectivity index (χ0n) is 11.0. The van der Waals surface area contributed by atoms with E-state index in [1.807, 2.05) is 0 Å². The highest BCUT2D eigenvalue weighted by Crippen LogP contribution is 2.29. The van der Waals surface area contributed by atoms with Crippen molar-refractivity contribution in [2.45, 2.75) is 19.0 Å². The number of benzene rings is 1. The van der Waals surface area contributed by atoms with E-state index in [9.17, 15) is 18.0 Å². The number of oxime groups is 1. The molecule has 0 unspecified atom stereocenters. The quantitative estimate of drug-likeness (QED) is 0.618. The molecule has 114 valence electrons. The summed E-state index contributed by atoms with van der Waals surface area (Å²) >= 11 is 0. The lowest BCUT2D eigenvalue weighted by atomic mass is 10.1. The van der Waals surface area contributed by atoms with Crippen LogP contribution in [0.4, 0.5) is 23.7 Å². The summed E-state index contributed by atoms with van der Waals surface area (Å²) in [7, 11) is 0. The average molecular weight is 301 g/mol. The van der Waals surface area contributed by atoms with Crippen LogP contribution in [-0.4, -0.2) is 34.9 Å². The Morgan fingerprint density at radius 1 is 1.19 bits per heavy atom. The third-order valence-corrected chi connectivity index (χ3v) is 3.23. The second kappa shape index (κ2) is 6.02. The maximum absolute atomic E-state index is 12.4. The molecule has 0 bridgehead atoms. The van der Waals surface area contributed by atoms with Crippen molar-refractivity contribution in [3.63, 3.8) is 0 Å². The topological polar surface area (TPSA) is 64.9 Å². The van der Waals surface area contributed by atoms with Crippen molar-refractivity contribution in [3.8, 4) is 0 Å². The van der Waals surface area contributed by atoms with Gasteiger partial charge in [0.05, 0.1) is 11.3 Å². The van der Waals surface area contributed by atoms with Gasteiger partial charge in [-0.15, -0.1) is 0 Å². The molecule has 21 heavy (non-hydrogen) atoms. The van der Waals surface area contributed by atoms with Gasteiger partial charge in [0, 0.05) is 31.6 Å². The summed E-state index contributed by atoms with van der Waals surface area (Å²) in [6.07, 6.45) is -3.43. The first-order valence-corrected chi connectivity index (χ1v) is 6.33. The number of rotatable bonds is 1. The van der Waals surface area contributed by atoms with E-state index in [1.54, 1.807) is 0 Å². The van der Waals surface area contributed by atoms with Gasteiger partial charge in [0.2, 0.25) is 0 Å². The molecule has 1 aromatic carbocycles. The van der Waals surface area contributed by atoms with E-state index >= 15 is 0 Å². The van der Waals surface area contributed by atoms with Gasteiger partial charge in [0.25, 0.3) is 0 Å². The third kappa shape index (κ3) is 3.87. The molecule has 0 spiro atoms. The minimum Gasteiger partial charge on any atom is -0.411 e. The van der Waals surface area contributed by atoms with Gasteiger partial charge in [-0.05, 0) is 24.3 Å².